The number of hydrogen-bond acceptors (Lipinski definition) is 6. The Morgan fingerprint density at radius 1 is 1.36 bits per heavy atom. The molecule has 0 fully saturated rings. The molecule has 0 radical (unpaired) electrons. The summed E-state index contributed by atoms with van der Waals surface area (Å²) < 4.78 is 0.903. The number of aromatic nitrogens is 1. The molecule has 0 spiro atoms. The van der Waals surface area contributed by atoms with Crippen LogP contribution in [0.1, 0.15) is 20.1 Å². The molecule has 0 saturated carbocycles. The summed E-state index contributed by atoms with van der Waals surface area (Å²) in [5, 5.41) is 3.03. The molecule has 0 aliphatic carbocycles. The molecule has 1 aliphatic rings. The van der Waals surface area contributed by atoms with Crippen molar-refractivity contribution in [2.75, 3.05) is 17.2 Å². The molecule has 4 rings (SSSR count). The lowest BCUT2D eigenvalue weighted by molar-refractivity contribution is 0.100. The number of rotatable bonds is 2. The van der Waals surface area contributed by atoms with E-state index in [2.05, 4.69) is 21.3 Å². The third-order valence-corrected chi connectivity index (χ3v) is 6.17. The second-order valence-electron chi connectivity index (χ2n) is 5.28. The lowest BCUT2D eigenvalue weighted by Gasteiger charge is -2.29. The number of nitrogens with zero attached hydrogens (tertiary/aromatic N) is 2. The van der Waals surface area contributed by atoms with Crippen LogP contribution in [-0.2, 0) is 13.0 Å². The third kappa shape index (κ3) is 1.97. The van der Waals surface area contributed by atoms with Gasteiger partial charge in [0.2, 0.25) is 0 Å². The Balaban J connectivity index is 1.84. The average Bonchev–Trinajstić information content (AvgIpc) is 3.11. The maximum absolute atomic E-state index is 11.5. The van der Waals surface area contributed by atoms with Crippen molar-refractivity contribution in [2.24, 2.45) is 5.73 Å². The predicted octanol–water partition coefficient (Wildman–Crippen LogP) is 2.60. The Labute approximate surface area is 135 Å². The molecule has 0 unspecified atom stereocenters. The molecule has 1 aliphatic heterocycles. The lowest BCUT2D eigenvalue weighted by Crippen LogP contribution is -2.29. The molecule has 4 N–H and O–H groups in total. The number of thiophene rings is 2. The number of amides is 1. The van der Waals surface area contributed by atoms with E-state index in [9.17, 15) is 4.79 Å². The molecule has 0 saturated heterocycles. The van der Waals surface area contributed by atoms with E-state index < -0.39 is 5.91 Å². The zero-order valence-electron chi connectivity index (χ0n) is 11.7. The highest BCUT2D eigenvalue weighted by Crippen LogP contribution is 2.40. The summed E-state index contributed by atoms with van der Waals surface area (Å²) in [6, 6.07) is 2.17. The summed E-state index contributed by atoms with van der Waals surface area (Å²) >= 11 is 3.12. The van der Waals surface area contributed by atoms with Gasteiger partial charge in [0.15, 0.2) is 0 Å². The normalized spacial score (nSPS) is 14.3. The first-order chi connectivity index (χ1) is 10.6. The molecule has 0 bridgehead atoms. The Hall–Kier alpha value is -2.12. The van der Waals surface area contributed by atoms with Crippen LogP contribution in [0.5, 0.6) is 0 Å². The Morgan fingerprint density at radius 2 is 2.23 bits per heavy atom. The van der Waals surface area contributed by atoms with Crippen molar-refractivity contribution < 1.29 is 4.79 Å². The smallest absolute Gasteiger partial charge is 0.260 e. The number of carbonyl (C=O) groups excluding carboxylic acids is 1. The van der Waals surface area contributed by atoms with Gasteiger partial charge in [0.05, 0.1) is 22.3 Å². The van der Waals surface area contributed by atoms with E-state index in [1.165, 1.54) is 21.8 Å². The van der Waals surface area contributed by atoms with E-state index in [0.717, 1.165) is 35.3 Å². The van der Waals surface area contributed by atoms with Gasteiger partial charge in [-0.25, -0.2) is 0 Å². The molecule has 3 aromatic heterocycles. The van der Waals surface area contributed by atoms with Crippen molar-refractivity contribution in [1.29, 1.82) is 0 Å². The molecule has 22 heavy (non-hydrogen) atoms. The summed E-state index contributed by atoms with van der Waals surface area (Å²) in [6.07, 6.45) is 4.59. The van der Waals surface area contributed by atoms with Gasteiger partial charge in [-0.2, -0.15) is 0 Å². The Morgan fingerprint density at radius 3 is 3.05 bits per heavy atom. The third-order valence-electron chi connectivity index (χ3n) is 3.99. The second kappa shape index (κ2) is 4.96. The quantitative estimate of drug-likeness (QED) is 0.756. The van der Waals surface area contributed by atoms with Gasteiger partial charge in [-0.1, -0.05) is 0 Å². The van der Waals surface area contributed by atoms with Crippen LogP contribution in [0.4, 0.5) is 11.4 Å². The van der Waals surface area contributed by atoms with Crippen LogP contribution in [0.15, 0.2) is 23.8 Å². The number of pyridine rings is 1. The molecule has 112 valence electrons. The summed E-state index contributed by atoms with van der Waals surface area (Å²) in [6.45, 7) is 1.77. The van der Waals surface area contributed by atoms with Gasteiger partial charge in [0.1, 0.15) is 4.88 Å². The lowest BCUT2D eigenvalue weighted by atomic mass is 10.1. The molecular formula is C15H14N4OS2. The number of carbonyl (C=O) groups is 1. The standard InChI is InChI=1S/C15H14N4OS2/c16-13-12-9(5-18-6-11(12)22-14(13)15(17)20)19-3-1-10-8(7-19)2-4-21-10/h2,4-6H,1,3,7,16H2,(H2,17,20). The van der Waals surface area contributed by atoms with E-state index >= 15 is 0 Å². The van der Waals surface area contributed by atoms with Crippen molar-refractivity contribution >= 4 is 50.0 Å². The van der Waals surface area contributed by atoms with Gasteiger partial charge >= 0.3 is 0 Å². The number of anilines is 2. The second-order valence-corrected chi connectivity index (χ2v) is 7.33. The Kier molecular flexibility index (Phi) is 3.05. The van der Waals surface area contributed by atoms with Crippen LogP contribution in [0.2, 0.25) is 0 Å². The van der Waals surface area contributed by atoms with E-state index in [1.54, 1.807) is 6.20 Å². The van der Waals surface area contributed by atoms with E-state index in [1.807, 2.05) is 17.5 Å². The predicted molar refractivity (Wildman–Crippen MR) is 91.6 cm³/mol. The van der Waals surface area contributed by atoms with Crippen LogP contribution in [0, 0.1) is 0 Å². The molecule has 7 heteroatoms. The molecule has 0 aromatic carbocycles. The largest absolute Gasteiger partial charge is 0.397 e. The molecular weight excluding hydrogens is 316 g/mol. The first kappa shape index (κ1) is 13.5. The van der Waals surface area contributed by atoms with Crippen LogP contribution in [0.3, 0.4) is 0 Å². The minimum atomic E-state index is -0.483. The zero-order valence-corrected chi connectivity index (χ0v) is 13.3. The summed E-state index contributed by atoms with van der Waals surface area (Å²) in [7, 11) is 0. The number of nitrogens with two attached hydrogens (primary N) is 2. The number of hydrogen-bond donors (Lipinski definition) is 2. The minimum Gasteiger partial charge on any atom is -0.397 e. The molecule has 5 nitrogen and oxygen atoms in total. The van der Waals surface area contributed by atoms with Gasteiger partial charge < -0.3 is 16.4 Å². The highest BCUT2D eigenvalue weighted by Gasteiger charge is 2.23. The van der Waals surface area contributed by atoms with E-state index in [4.69, 9.17) is 11.5 Å². The van der Waals surface area contributed by atoms with Crippen LogP contribution < -0.4 is 16.4 Å². The van der Waals surface area contributed by atoms with Crippen LogP contribution in [-0.4, -0.2) is 17.4 Å². The summed E-state index contributed by atoms with van der Waals surface area (Å²) in [5.41, 5.74) is 14.4. The molecule has 1 amide bonds. The van der Waals surface area contributed by atoms with Gasteiger partial charge in [-0.3, -0.25) is 9.78 Å². The average molecular weight is 330 g/mol. The first-order valence-corrected chi connectivity index (χ1v) is 8.60. The van der Waals surface area contributed by atoms with Gasteiger partial charge in [0, 0.05) is 29.5 Å². The highest BCUT2D eigenvalue weighted by atomic mass is 32.1. The highest BCUT2D eigenvalue weighted by molar-refractivity contribution is 7.21. The van der Waals surface area contributed by atoms with Crippen molar-refractivity contribution in [2.45, 2.75) is 13.0 Å². The van der Waals surface area contributed by atoms with Crippen LogP contribution >= 0.6 is 22.7 Å². The summed E-state index contributed by atoms with van der Waals surface area (Å²) in [4.78, 5) is 20.0. The minimum absolute atomic E-state index is 0.414. The molecule has 3 aromatic rings. The maximum Gasteiger partial charge on any atom is 0.260 e. The number of fused-ring (bicyclic) bond motifs is 2. The fraction of sp³-hybridized carbons (Fsp3) is 0.200. The first-order valence-electron chi connectivity index (χ1n) is 6.91. The van der Waals surface area contributed by atoms with E-state index in [0.29, 0.717) is 10.6 Å². The van der Waals surface area contributed by atoms with Crippen molar-refractivity contribution in [1.82, 2.24) is 4.98 Å². The van der Waals surface area contributed by atoms with E-state index in [-0.39, 0.29) is 0 Å². The van der Waals surface area contributed by atoms with Gasteiger partial charge in [-0.05, 0) is 23.4 Å². The fourth-order valence-corrected chi connectivity index (χ4v) is 4.79. The molecule has 4 heterocycles. The van der Waals surface area contributed by atoms with Crippen LogP contribution in [0.25, 0.3) is 10.1 Å². The monoisotopic (exact) mass is 330 g/mol. The maximum atomic E-state index is 11.5. The Bertz CT molecular complexity index is 883. The number of nitrogen functional groups attached to an aromatic ring is 1. The topological polar surface area (TPSA) is 85.2 Å². The zero-order chi connectivity index (χ0) is 15.3. The van der Waals surface area contributed by atoms with Crippen molar-refractivity contribution in [3.63, 3.8) is 0 Å². The van der Waals surface area contributed by atoms with Crippen molar-refractivity contribution in [3.8, 4) is 0 Å². The fourth-order valence-electron chi connectivity index (χ4n) is 2.93. The SMILES string of the molecule is NC(=O)c1sc2cncc(N3CCc4sccc4C3)c2c1N. The van der Waals surface area contributed by atoms with Gasteiger partial charge in [-0.15, -0.1) is 22.7 Å². The summed E-state index contributed by atoms with van der Waals surface area (Å²) in [5.74, 6) is -0.483. The van der Waals surface area contributed by atoms with Crippen molar-refractivity contribution in [3.05, 3.63) is 39.2 Å². The van der Waals surface area contributed by atoms with Gasteiger partial charge in [0.25, 0.3) is 5.91 Å². The number of primary amides is 1. The molecule has 0 atom stereocenters.